The molecule has 0 fully saturated rings. The lowest BCUT2D eigenvalue weighted by atomic mass is 10.0. The van der Waals surface area contributed by atoms with Gasteiger partial charge in [0.25, 0.3) is 5.91 Å². The van der Waals surface area contributed by atoms with Crippen molar-refractivity contribution in [3.8, 4) is 28.4 Å². The molecule has 4 aromatic carbocycles. The molecule has 160 valence electrons. The standard InChI is InChI=1S/C28H25NO3/c1-20-16-21(2)18-25(17-20)32-24-14-12-23(13-15-24)31-19-28(30)29-27-11-7-6-10-26(27)22-8-4-3-5-9-22/h3-18H,19H2,1-2H3,(H,29,30). The SMILES string of the molecule is Cc1cc(C)cc(Oc2ccc(OCC(=O)Nc3ccccc3-c3ccccc3)cc2)c1. The first-order valence-corrected chi connectivity index (χ1v) is 10.5. The molecule has 4 rings (SSSR count). The van der Waals surface area contributed by atoms with Gasteiger partial charge in [0, 0.05) is 11.3 Å². The van der Waals surface area contributed by atoms with Crippen LogP contribution in [0.15, 0.2) is 97.1 Å². The van der Waals surface area contributed by atoms with Crippen LogP contribution in [0, 0.1) is 13.8 Å². The van der Waals surface area contributed by atoms with E-state index < -0.39 is 0 Å². The third-order valence-electron chi connectivity index (χ3n) is 4.91. The van der Waals surface area contributed by atoms with Crippen LogP contribution < -0.4 is 14.8 Å². The van der Waals surface area contributed by atoms with Crippen molar-refractivity contribution in [3.63, 3.8) is 0 Å². The number of carbonyl (C=O) groups excluding carboxylic acids is 1. The van der Waals surface area contributed by atoms with Gasteiger partial charge in [-0.15, -0.1) is 0 Å². The molecule has 0 heterocycles. The monoisotopic (exact) mass is 423 g/mol. The Labute approximate surface area is 188 Å². The summed E-state index contributed by atoms with van der Waals surface area (Å²) in [6.07, 6.45) is 0. The molecule has 4 heteroatoms. The van der Waals surface area contributed by atoms with Gasteiger partial charge in [0.1, 0.15) is 17.2 Å². The number of rotatable bonds is 7. The molecule has 32 heavy (non-hydrogen) atoms. The van der Waals surface area contributed by atoms with Crippen LogP contribution in [0.5, 0.6) is 17.2 Å². The molecule has 0 spiro atoms. The average Bonchev–Trinajstić information content (AvgIpc) is 2.79. The maximum Gasteiger partial charge on any atom is 0.262 e. The van der Waals surface area contributed by atoms with E-state index in [-0.39, 0.29) is 12.5 Å². The summed E-state index contributed by atoms with van der Waals surface area (Å²) in [5.41, 5.74) is 5.07. The molecule has 1 N–H and O–H groups in total. The van der Waals surface area contributed by atoms with Crippen LogP contribution in [-0.4, -0.2) is 12.5 Å². The minimum atomic E-state index is -0.219. The number of para-hydroxylation sites is 1. The van der Waals surface area contributed by atoms with Crippen LogP contribution in [0.1, 0.15) is 11.1 Å². The van der Waals surface area contributed by atoms with Crippen molar-refractivity contribution in [2.45, 2.75) is 13.8 Å². The van der Waals surface area contributed by atoms with Gasteiger partial charge in [-0.1, -0.05) is 54.6 Å². The van der Waals surface area contributed by atoms with E-state index in [0.29, 0.717) is 11.5 Å². The molecule has 0 aromatic heterocycles. The number of ether oxygens (including phenoxy) is 2. The van der Waals surface area contributed by atoms with E-state index in [9.17, 15) is 4.79 Å². The highest BCUT2D eigenvalue weighted by Gasteiger charge is 2.09. The fourth-order valence-corrected chi connectivity index (χ4v) is 3.53. The number of nitrogens with one attached hydrogen (secondary N) is 1. The Morgan fingerprint density at radius 3 is 2.06 bits per heavy atom. The third-order valence-corrected chi connectivity index (χ3v) is 4.91. The summed E-state index contributed by atoms with van der Waals surface area (Å²) < 4.78 is 11.6. The van der Waals surface area contributed by atoms with Crippen molar-refractivity contribution >= 4 is 11.6 Å². The minimum Gasteiger partial charge on any atom is -0.484 e. The van der Waals surface area contributed by atoms with Crippen molar-refractivity contribution in [1.82, 2.24) is 0 Å². The molecule has 0 atom stereocenters. The van der Waals surface area contributed by atoms with E-state index in [2.05, 4.69) is 11.4 Å². The van der Waals surface area contributed by atoms with Gasteiger partial charge < -0.3 is 14.8 Å². The van der Waals surface area contributed by atoms with Crippen LogP contribution in [0.3, 0.4) is 0 Å². The molecule has 0 unspecified atom stereocenters. The number of aryl methyl sites for hydroxylation is 2. The fourth-order valence-electron chi connectivity index (χ4n) is 3.53. The Hall–Kier alpha value is -4.05. The molecule has 0 saturated carbocycles. The van der Waals surface area contributed by atoms with Crippen LogP contribution in [0.4, 0.5) is 5.69 Å². The van der Waals surface area contributed by atoms with Crippen molar-refractivity contribution in [3.05, 3.63) is 108 Å². The van der Waals surface area contributed by atoms with E-state index in [1.54, 1.807) is 12.1 Å². The average molecular weight is 424 g/mol. The Kier molecular flexibility index (Phi) is 6.52. The number of hydrogen-bond acceptors (Lipinski definition) is 3. The van der Waals surface area contributed by atoms with Gasteiger partial charge in [0.2, 0.25) is 0 Å². The molecular formula is C28H25NO3. The summed E-state index contributed by atoms with van der Waals surface area (Å²) in [4.78, 5) is 12.5. The molecule has 0 saturated heterocycles. The first-order valence-electron chi connectivity index (χ1n) is 10.5. The van der Waals surface area contributed by atoms with Gasteiger partial charge in [-0.2, -0.15) is 0 Å². The lowest BCUT2D eigenvalue weighted by Crippen LogP contribution is -2.20. The molecule has 0 bridgehead atoms. The summed E-state index contributed by atoms with van der Waals surface area (Å²) >= 11 is 0. The second-order valence-corrected chi connectivity index (χ2v) is 7.65. The van der Waals surface area contributed by atoms with E-state index in [1.807, 2.05) is 92.7 Å². The lowest BCUT2D eigenvalue weighted by Gasteiger charge is -2.12. The van der Waals surface area contributed by atoms with E-state index in [0.717, 1.165) is 33.7 Å². The molecule has 4 aromatic rings. The third kappa shape index (κ3) is 5.55. The number of amides is 1. The molecule has 4 nitrogen and oxygen atoms in total. The Balaban J connectivity index is 1.35. The summed E-state index contributed by atoms with van der Waals surface area (Å²) in [5, 5.41) is 2.95. The van der Waals surface area contributed by atoms with Crippen LogP contribution >= 0.6 is 0 Å². The normalized spacial score (nSPS) is 10.4. The molecule has 0 aliphatic rings. The van der Waals surface area contributed by atoms with Crippen LogP contribution in [0.25, 0.3) is 11.1 Å². The first kappa shape index (κ1) is 21.2. The second-order valence-electron chi connectivity index (χ2n) is 7.65. The molecule has 0 radical (unpaired) electrons. The summed E-state index contributed by atoms with van der Waals surface area (Å²) in [7, 11) is 0. The maximum absolute atomic E-state index is 12.5. The Morgan fingerprint density at radius 1 is 0.719 bits per heavy atom. The first-order chi connectivity index (χ1) is 15.6. The summed E-state index contributed by atoms with van der Waals surface area (Å²) in [5.74, 6) is 1.89. The molecule has 0 aliphatic carbocycles. The zero-order valence-corrected chi connectivity index (χ0v) is 18.2. The predicted octanol–water partition coefficient (Wildman–Crippen LogP) is 6.78. The quantitative estimate of drug-likeness (QED) is 0.356. The van der Waals surface area contributed by atoms with Gasteiger partial charge >= 0.3 is 0 Å². The van der Waals surface area contributed by atoms with E-state index in [4.69, 9.17) is 9.47 Å². The van der Waals surface area contributed by atoms with Gasteiger partial charge in [0.05, 0.1) is 0 Å². The highest BCUT2D eigenvalue weighted by Crippen LogP contribution is 2.28. The molecule has 0 aliphatic heterocycles. The van der Waals surface area contributed by atoms with Crippen molar-refractivity contribution in [2.75, 3.05) is 11.9 Å². The lowest BCUT2D eigenvalue weighted by molar-refractivity contribution is -0.118. The smallest absolute Gasteiger partial charge is 0.262 e. The largest absolute Gasteiger partial charge is 0.484 e. The topological polar surface area (TPSA) is 47.6 Å². The van der Waals surface area contributed by atoms with Crippen molar-refractivity contribution in [1.29, 1.82) is 0 Å². The zero-order chi connectivity index (χ0) is 22.3. The van der Waals surface area contributed by atoms with Crippen molar-refractivity contribution in [2.24, 2.45) is 0 Å². The Morgan fingerprint density at radius 2 is 1.34 bits per heavy atom. The second kappa shape index (κ2) is 9.84. The maximum atomic E-state index is 12.5. The van der Waals surface area contributed by atoms with Gasteiger partial charge in [-0.05, 0) is 73.0 Å². The zero-order valence-electron chi connectivity index (χ0n) is 18.2. The van der Waals surface area contributed by atoms with Gasteiger partial charge in [-0.3, -0.25) is 4.79 Å². The minimum absolute atomic E-state index is 0.0829. The fraction of sp³-hybridized carbons (Fsp3) is 0.107. The van der Waals surface area contributed by atoms with E-state index in [1.165, 1.54) is 0 Å². The number of hydrogen-bond donors (Lipinski definition) is 1. The van der Waals surface area contributed by atoms with Crippen LogP contribution in [-0.2, 0) is 4.79 Å². The van der Waals surface area contributed by atoms with Crippen LogP contribution in [0.2, 0.25) is 0 Å². The summed E-state index contributed by atoms with van der Waals surface area (Å²) in [6, 6.07) is 31.0. The number of carbonyl (C=O) groups is 1. The van der Waals surface area contributed by atoms with Gasteiger partial charge in [0.15, 0.2) is 6.61 Å². The highest BCUT2D eigenvalue weighted by molar-refractivity contribution is 5.96. The van der Waals surface area contributed by atoms with Crippen molar-refractivity contribution < 1.29 is 14.3 Å². The summed E-state index contributed by atoms with van der Waals surface area (Å²) in [6.45, 7) is 4.00. The number of benzene rings is 4. The molecular weight excluding hydrogens is 398 g/mol. The number of anilines is 1. The van der Waals surface area contributed by atoms with Gasteiger partial charge in [-0.25, -0.2) is 0 Å². The molecule has 1 amide bonds. The highest BCUT2D eigenvalue weighted by atomic mass is 16.5. The van der Waals surface area contributed by atoms with E-state index >= 15 is 0 Å². The Bertz CT molecular complexity index is 1180. The predicted molar refractivity (Wildman–Crippen MR) is 128 cm³/mol.